The number of rotatable bonds is 7. The van der Waals surface area contributed by atoms with Gasteiger partial charge in [-0.1, -0.05) is 6.92 Å². The molecule has 0 aromatic rings. The molecule has 0 amide bonds. The monoisotopic (exact) mass is 244 g/mol. The van der Waals surface area contributed by atoms with Crippen LogP contribution in [-0.4, -0.2) is 42.1 Å². The molecule has 1 unspecified atom stereocenters. The zero-order valence-electron chi connectivity index (χ0n) is 12.2. The minimum Gasteiger partial charge on any atom is -0.465 e. The second-order valence-electron chi connectivity index (χ2n) is 5.48. The highest BCUT2D eigenvalue weighted by Gasteiger charge is 2.31. The van der Waals surface area contributed by atoms with E-state index in [4.69, 9.17) is 10.5 Å². The van der Waals surface area contributed by atoms with Crippen LogP contribution in [0.5, 0.6) is 0 Å². The van der Waals surface area contributed by atoms with Gasteiger partial charge < -0.3 is 15.4 Å². The van der Waals surface area contributed by atoms with Gasteiger partial charge in [-0.25, -0.2) is 0 Å². The fraction of sp³-hybridized carbons (Fsp3) is 0.923. The normalized spacial score (nSPS) is 15.8. The molecule has 0 saturated carbocycles. The standard InChI is InChI=1S/C13H28N2O2/c1-7-12(3,4)15(6)10-9-13(5,14)11(16)17-8-2/h7-10,14H2,1-6H3. The van der Waals surface area contributed by atoms with Gasteiger partial charge in [0.05, 0.1) is 6.61 Å². The summed E-state index contributed by atoms with van der Waals surface area (Å²) in [6, 6.07) is 0. The molecule has 0 rings (SSSR count). The molecule has 0 aromatic heterocycles. The van der Waals surface area contributed by atoms with Crippen LogP contribution in [0.1, 0.15) is 47.5 Å². The summed E-state index contributed by atoms with van der Waals surface area (Å²) in [4.78, 5) is 13.9. The first-order chi connectivity index (χ1) is 7.67. The van der Waals surface area contributed by atoms with Crippen molar-refractivity contribution in [2.24, 2.45) is 5.73 Å². The van der Waals surface area contributed by atoms with Crippen molar-refractivity contribution in [2.45, 2.75) is 58.5 Å². The summed E-state index contributed by atoms with van der Waals surface area (Å²) in [7, 11) is 2.06. The van der Waals surface area contributed by atoms with Gasteiger partial charge in [-0.3, -0.25) is 4.79 Å². The Hall–Kier alpha value is -0.610. The van der Waals surface area contributed by atoms with Crippen LogP contribution in [0.25, 0.3) is 0 Å². The Bertz CT molecular complexity index is 250. The van der Waals surface area contributed by atoms with Crippen LogP contribution >= 0.6 is 0 Å². The summed E-state index contributed by atoms with van der Waals surface area (Å²) in [6.07, 6.45) is 1.66. The molecule has 2 N–H and O–H groups in total. The van der Waals surface area contributed by atoms with Crippen molar-refractivity contribution >= 4 is 5.97 Å². The molecule has 102 valence electrons. The lowest BCUT2D eigenvalue weighted by atomic mass is 9.95. The third kappa shape index (κ3) is 5.04. The fourth-order valence-corrected chi connectivity index (χ4v) is 1.37. The third-order valence-corrected chi connectivity index (χ3v) is 3.61. The van der Waals surface area contributed by atoms with Crippen LogP contribution in [-0.2, 0) is 9.53 Å². The van der Waals surface area contributed by atoms with Gasteiger partial charge in [-0.2, -0.15) is 0 Å². The summed E-state index contributed by atoms with van der Waals surface area (Å²) in [5.41, 5.74) is 5.21. The summed E-state index contributed by atoms with van der Waals surface area (Å²) >= 11 is 0. The van der Waals surface area contributed by atoms with Crippen LogP contribution < -0.4 is 5.73 Å². The van der Waals surface area contributed by atoms with E-state index in [-0.39, 0.29) is 11.5 Å². The van der Waals surface area contributed by atoms with E-state index in [1.807, 2.05) is 0 Å². The molecule has 1 atom stereocenters. The van der Waals surface area contributed by atoms with Crippen molar-refractivity contribution in [1.82, 2.24) is 4.90 Å². The molecule has 0 aliphatic heterocycles. The largest absolute Gasteiger partial charge is 0.465 e. The van der Waals surface area contributed by atoms with Gasteiger partial charge in [0.15, 0.2) is 0 Å². The summed E-state index contributed by atoms with van der Waals surface area (Å²) in [6.45, 7) is 11.2. The number of carbonyl (C=O) groups is 1. The van der Waals surface area contributed by atoms with Crippen LogP contribution in [0.15, 0.2) is 0 Å². The van der Waals surface area contributed by atoms with Gasteiger partial charge >= 0.3 is 5.97 Å². The molecule has 0 spiro atoms. The quantitative estimate of drug-likeness (QED) is 0.694. The third-order valence-electron chi connectivity index (χ3n) is 3.61. The van der Waals surface area contributed by atoms with E-state index in [1.54, 1.807) is 13.8 Å². The molecule has 0 aliphatic carbocycles. The minimum atomic E-state index is -0.895. The lowest BCUT2D eigenvalue weighted by Crippen LogP contribution is -2.50. The molecule has 0 bridgehead atoms. The first-order valence-corrected chi connectivity index (χ1v) is 6.34. The van der Waals surface area contributed by atoms with Gasteiger partial charge in [0, 0.05) is 12.1 Å². The van der Waals surface area contributed by atoms with Crippen molar-refractivity contribution in [3.8, 4) is 0 Å². The van der Waals surface area contributed by atoms with Crippen molar-refractivity contribution in [3.05, 3.63) is 0 Å². The highest BCUT2D eigenvalue weighted by atomic mass is 16.5. The maximum atomic E-state index is 11.6. The molecule has 4 nitrogen and oxygen atoms in total. The lowest BCUT2D eigenvalue weighted by Gasteiger charge is -2.36. The number of esters is 1. The fourth-order valence-electron chi connectivity index (χ4n) is 1.37. The molecule has 0 aromatic carbocycles. The van der Waals surface area contributed by atoms with E-state index in [0.29, 0.717) is 13.0 Å². The first-order valence-electron chi connectivity index (χ1n) is 6.34. The highest BCUT2D eigenvalue weighted by Crippen LogP contribution is 2.18. The zero-order valence-corrected chi connectivity index (χ0v) is 12.2. The number of carbonyl (C=O) groups excluding carboxylic acids is 1. The van der Waals surface area contributed by atoms with Crippen LogP contribution in [0.4, 0.5) is 0 Å². The number of ether oxygens (including phenoxy) is 1. The van der Waals surface area contributed by atoms with Gasteiger partial charge in [0.25, 0.3) is 0 Å². The Labute approximate surface area is 105 Å². The smallest absolute Gasteiger partial charge is 0.325 e. The predicted octanol–water partition coefficient (Wildman–Crippen LogP) is 1.78. The van der Waals surface area contributed by atoms with Crippen molar-refractivity contribution < 1.29 is 9.53 Å². The highest BCUT2D eigenvalue weighted by molar-refractivity contribution is 5.79. The van der Waals surface area contributed by atoms with Gasteiger partial charge in [-0.05, 0) is 47.6 Å². The summed E-state index contributed by atoms with van der Waals surface area (Å²) < 4.78 is 4.97. The van der Waals surface area contributed by atoms with Crippen LogP contribution in [0.2, 0.25) is 0 Å². The lowest BCUT2D eigenvalue weighted by molar-refractivity contribution is -0.149. The predicted molar refractivity (Wildman–Crippen MR) is 70.8 cm³/mol. The van der Waals surface area contributed by atoms with E-state index >= 15 is 0 Å². The van der Waals surface area contributed by atoms with Crippen molar-refractivity contribution in [3.63, 3.8) is 0 Å². The Balaban J connectivity index is 4.31. The van der Waals surface area contributed by atoms with Gasteiger partial charge in [0.2, 0.25) is 0 Å². The Morgan fingerprint density at radius 3 is 2.24 bits per heavy atom. The second kappa shape index (κ2) is 6.36. The Kier molecular flexibility index (Phi) is 6.13. The second-order valence-corrected chi connectivity index (χ2v) is 5.48. The molecule has 4 heteroatoms. The maximum absolute atomic E-state index is 11.6. The Morgan fingerprint density at radius 1 is 1.29 bits per heavy atom. The van der Waals surface area contributed by atoms with E-state index in [0.717, 1.165) is 13.0 Å². The van der Waals surface area contributed by atoms with Crippen LogP contribution in [0, 0.1) is 0 Å². The number of nitrogens with zero attached hydrogens (tertiary/aromatic N) is 1. The van der Waals surface area contributed by atoms with E-state index in [1.165, 1.54) is 0 Å². The molecular formula is C13H28N2O2. The molecule has 0 aliphatic rings. The van der Waals surface area contributed by atoms with Crippen LogP contribution in [0.3, 0.4) is 0 Å². The SMILES string of the molecule is CCOC(=O)C(C)(N)CCN(C)C(C)(C)CC. The van der Waals surface area contributed by atoms with Gasteiger partial charge in [0.1, 0.15) is 5.54 Å². The van der Waals surface area contributed by atoms with Gasteiger partial charge in [-0.15, -0.1) is 0 Å². The molecule has 0 heterocycles. The minimum absolute atomic E-state index is 0.130. The molecular weight excluding hydrogens is 216 g/mol. The number of hydrogen-bond acceptors (Lipinski definition) is 4. The van der Waals surface area contributed by atoms with E-state index in [2.05, 4.69) is 32.7 Å². The average molecular weight is 244 g/mol. The van der Waals surface area contributed by atoms with E-state index < -0.39 is 5.54 Å². The van der Waals surface area contributed by atoms with Crippen molar-refractivity contribution in [2.75, 3.05) is 20.2 Å². The summed E-state index contributed by atoms with van der Waals surface area (Å²) in [5, 5.41) is 0. The van der Waals surface area contributed by atoms with Crippen molar-refractivity contribution in [1.29, 1.82) is 0 Å². The molecule has 0 radical (unpaired) electrons. The zero-order chi connectivity index (χ0) is 13.7. The molecule has 0 saturated heterocycles. The number of nitrogens with two attached hydrogens (primary N) is 1. The topological polar surface area (TPSA) is 55.6 Å². The molecule has 17 heavy (non-hydrogen) atoms. The summed E-state index contributed by atoms with van der Waals surface area (Å²) in [5.74, 6) is -0.317. The number of hydrogen-bond donors (Lipinski definition) is 1. The first kappa shape index (κ1) is 16.4. The Morgan fingerprint density at radius 2 is 1.82 bits per heavy atom. The maximum Gasteiger partial charge on any atom is 0.325 e. The average Bonchev–Trinajstić information content (AvgIpc) is 2.26. The molecule has 0 fully saturated rings. The van der Waals surface area contributed by atoms with E-state index in [9.17, 15) is 4.79 Å².